The second kappa shape index (κ2) is 9.13. The highest BCUT2D eigenvalue weighted by Crippen LogP contribution is 2.53. The lowest BCUT2D eigenvalue weighted by Gasteiger charge is -2.24. The molecule has 0 radical (unpaired) electrons. The van der Waals surface area contributed by atoms with Crippen LogP contribution in [0.2, 0.25) is 0 Å². The summed E-state index contributed by atoms with van der Waals surface area (Å²) in [6, 6.07) is 14.9. The van der Waals surface area contributed by atoms with Crippen LogP contribution in [-0.2, 0) is 14.8 Å². The summed E-state index contributed by atoms with van der Waals surface area (Å²) in [4.78, 5) is 12.6. The van der Waals surface area contributed by atoms with Gasteiger partial charge in [0.05, 0.1) is 12.0 Å². The van der Waals surface area contributed by atoms with Crippen molar-refractivity contribution in [2.24, 2.45) is 0 Å². The van der Waals surface area contributed by atoms with E-state index in [1.54, 1.807) is 14.0 Å². The van der Waals surface area contributed by atoms with Crippen molar-refractivity contribution in [2.45, 2.75) is 31.1 Å². The lowest BCUT2D eigenvalue weighted by molar-refractivity contribution is -0.141. The van der Waals surface area contributed by atoms with Crippen molar-refractivity contribution < 1.29 is 23.1 Å². The number of carbonyl (C=O) groups is 1. The molecule has 0 saturated heterocycles. The summed E-state index contributed by atoms with van der Waals surface area (Å²) >= 11 is 1.54. The van der Waals surface area contributed by atoms with E-state index in [2.05, 4.69) is 0 Å². The van der Waals surface area contributed by atoms with Crippen LogP contribution in [0.1, 0.15) is 41.7 Å². The van der Waals surface area contributed by atoms with Crippen molar-refractivity contribution in [3.8, 4) is 5.75 Å². The Bertz CT molecular complexity index is 1170. The van der Waals surface area contributed by atoms with Crippen molar-refractivity contribution in [3.05, 3.63) is 75.0 Å². The number of hydrogen-bond acceptors (Lipinski definition) is 5. The van der Waals surface area contributed by atoms with Gasteiger partial charge in [0.2, 0.25) is 10.0 Å². The van der Waals surface area contributed by atoms with Gasteiger partial charge in [-0.05, 0) is 35.2 Å². The molecule has 2 aliphatic rings. The fourth-order valence-electron chi connectivity index (χ4n) is 4.00. The summed E-state index contributed by atoms with van der Waals surface area (Å²) in [7, 11) is -2.08. The number of thioether (sulfide) groups is 1. The Kier molecular flexibility index (Phi) is 6.46. The molecule has 168 valence electrons. The lowest BCUT2D eigenvalue weighted by Crippen LogP contribution is -2.42. The van der Waals surface area contributed by atoms with Gasteiger partial charge in [-0.1, -0.05) is 55.5 Å². The average molecular weight is 472 g/mol. The van der Waals surface area contributed by atoms with E-state index in [4.69, 9.17) is 4.74 Å². The fraction of sp³-hybridized carbons (Fsp3) is 0.292. The molecule has 0 bridgehead atoms. The Labute approximate surface area is 192 Å². The SMILES string of the molecule is CCC(C(=O)O)N1CC2=C(CC(c3ccc(/C=C/c4ccc(OC)cc4)cc3)S2)S1(=O)=O. The Balaban J connectivity index is 1.43. The van der Waals surface area contributed by atoms with E-state index in [0.717, 1.165) is 31.7 Å². The Morgan fingerprint density at radius 1 is 1.16 bits per heavy atom. The molecule has 4 rings (SSSR count). The van der Waals surface area contributed by atoms with Crippen LogP contribution < -0.4 is 4.74 Å². The van der Waals surface area contributed by atoms with Gasteiger partial charge >= 0.3 is 5.97 Å². The van der Waals surface area contributed by atoms with E-state index in [1.165, 1.54) is 11.8 Å². The molecule has 0 aromatic heterocycles. The minimum Gasteiger partial charge on any atom is -0.497 e. The predicted molar refractivity (Wildman–Crippen MR) is 128 cm³/mol. The number of benzene rings is 2. The number of carboxylic acid groups (broad SMARTS) is 1. The van der Waals surface area contributed by atoms with Crippen LogP contribution in [0.4, 0.5) is 0 Å². The number of sulfonamides is 1. The summed E-state index contributed by atoms with van der Waals surface area (Å²) in [6.07, 6.45) is 4.71. The van der Waals surface area contributed by atoms with Crippen LogP contribution in [-0.4, -0.2) is 43.5 Å². The van der Waals surface area contributed by atoms with Crippen molar-refractivity contribution in [3.63, 3.8) is 0 Å². The first-order valence-corrected chi connectivity index (χ1v) is 12.7. The normalized spacial score (nSPS) is 21.1. The van der Waals surface area contributed by atoms with E-state index in [0.29, 0.717) is 11.3 Å². The summed E-state index contributed by atoms with van der Waals surface area (Å²) in [6.45, 7) is 1.85. The minimum absolute atomic E-state index is 0.0291. The first-order chi connectivity index (χ1) is 15.3. The van der Waals surface area contributed by atoms with Crippen molar-refractivity contribution in [1.29, 1.82) is 0 Å². The molecule has 1 N–H and O–H groups in total. The summed E-state index contributed by atoms with van der Waals surface area (Å²) in [5.41, 5.74) is 3.19. The molecule has 0 spiro atoms. The highest BCUT2D eigenvalue weighted by molar-refractivity contribution is 8.05. The molecule has 6 nitrogen and oxygen atoms in total. The van der Waals surface area contributed by atoms with E-state index in [1.807, 2.05) is 60.7 Å². The second-order valence-electron chi connectivity index (χ2n) is 7.74. The molecular weight excluding hydrogens is 446 g/mol. The summed E-state index contributed by atoms with van der Waals surface area (Å²) in [5.74, 6) is -0.281. The largest absolute Gasteiger partial charge is 0.497 e. The van der Waals surface area contributed by atoms with Gasteiger partial charge in [0.15, 0.2) is 0 Å². The van der Waals surface area contributed by atoms with Gasteiger partial charge in [-0.3, -0.25) is 4.79 Å². The third-order valence-corrected chi connectivity index (χ3v) is 9.35. The smallest absolute Gasteiger partial charge is 0.322 e. The average Bonchev–Trinajstić information content (AvgIpc) is 3.32. The van der Waals surface area contributed by atoms with E-state index in [-0.39, 0.29) is 18.2 Å². The molecule has 2 heterocycles. The highest BCUT2D eigenvalue weighted by Gasteiger charge is 2.47. The Morgan fingerprint density at radius 2 is 1.75 bits per heavy atom. The molecule has 2 aromatic carbocycles. The number of aliphatic carboxylic acids is 1. The third-order valence-electron chi connectivity index (χ3n) is 5.80. The van der Waals surface area contributed by atoms with Crippen LogP contribution in [0.15, 0.2) is 58.3 Å². The molecule has 0 amide bonds. The molecule has 2 aromatic rings. The molecule has 32 heavy (non-hydrogen) atoms. The van der Waals surface area contributed by atoms with Crippen LogP contribution in [0.25, 0.3) is 12.2 Å². The van der Waals surface area contributed by atoms with Crippen molar-refractivity contribution in [1.82, 2.24) is 4.31 Å². The topological polar surface area (TPSA) is 83.9 Å². The van der Waals surface area contributed by atoms with Crippen molar-refractivity contribution >= 4 is 39.9 Å². The first-order valence-electron chi connectivity index (χ1n) is 10.4. The first kappa shape index (κ1) is 22.6. The fourth-order valence-corrected chi connectivity index (χ4v) is 7.85. The van der Waals surface area contributed by atoms with Crippen LogP contribution in [0.3, 0.4) is 0 Å². The van der Waals surface area contributed by atoms with Gasteiger partial charge in [0.1, 0.15) is 11.8 Å². The van der Waals surface area contributed by atoms with E-state index < -0.39 is 22.0 Å². The van der Waals surface area contributed by atoms with Gasteiger partial charge < -0.3 is 9.84 Å². The highest BCUT2D eigenvalue weighted by atomic mass is 32.2. The number of carboxylic acids is 1. The molecule has 2 atom stereocenters. The number of rotatable bonds is 7. The molecule has 8 heteroatoms. The molecule has 0 saturated carbocycles. The number of methoxy groups -OCH3 is 1. The molecular formula is C24H25NO5S2. The molecule has 0 aliphatic carbocycles. The van der Waals surface area contributed by atoms with Crippen LogP contribution >= 0.6 is 11.8 Å². The number of allylic oxidation sites excluding steroid dienone is 1. The zero-order valence-corrected chi connectivity index (χ0v) is 19.5. The van der Waals surface area contributed by atoms with Crippen LogP contribution in [0, 0.1) is 0 Å². The predicted octanol–water partition coefficient (Wildman–Crippen LogP) is 4.76. The van der Waals surface area contributed by atoms with Gasteiger partial charge in [0, 0.05) is 23.1 Å². The van der Waals surface area contributed by atoms with Gasteiger partial charge in [-0.15, -0.1) is 11.8 Å². The monoisotopic (exact) mass is 471 g/mol. The molecule has 2 unspecified atom stereocenters. The second-order valence-corrected chi connectivity index (χ2v) is 11.0. The van der Waals surface area contributed by atoms with Gasteiger partial charge in [-0.2, -0.15) is 4.31 Å². The number of nitrogens with zero attached hydrogens (tertiary/aromatic N) is 1. The number of ether oxygens (including phenoxy) is 1. The zero-order valence-electron chi connectivity index (χ0n) is 17.9. The quantitative estimate of drug-likeness (QED) is 0.586. The molecule has 0 fully saturated rings. The Morgan fingerprint density at radius 3 is 2.25 bits per heavy atom. The Hall–Kier alpha value is -2.55. The van der Waals surface area contributed by atoms with Crippen LogP contribution in [0.5, 0.6) is 5.75 Å². The van der Waals surface area contributed by atoms with Gasteiger partial charge in [-0.25, -0.2) is 8.42 Å². The molecule has 2 aliphatic heterocycles. The maximum absolute atomic E-state index is 12.9. The zero-order chi connectivity index (χ0) is 22.9. The summed E-state index contributed by atoms with van der Waals surface area (Å²) < 4.78 is 32.2. The van der Waals surface area contributed by atoms with Gasteiger partial charge in [0.25, 0.3) is 0 Å². The third kappa shape index (κ3) is 4.35. The maximum atomic E-state index is 12.9. The van der Waals surface area contributed by atoms with E-state index in [9.17, 15) is 18.3 Å². The summed E-state index contributed by atoms with van der Waals surface area (Å²) in [5, 5.41) is 9.41. The van der Waals surface area contributed by atoms with Crippen molar-refractivity contribution in [2.75, 3.05) is 13.7 Å². The maximum Gasteiger partial charge on any atom is 0.322 e. The minimum atomic E-state index is -3.72. The lowest BCUT2D eigenvalue weighted by atomic mass is 10.1. The number of hydrogen-bond donors (Lipinski definition) is 1. The standard InChI is InChI=1S/C24H25NO5S2/c1-3-20(24(26)27)25-15-22-23(32(25,28)29)14-21(31-22)18-10-6-16(7-11-18)4-5-17-8-12-19(30-2)13-9-17/h4-13,20-21H,3,14-15H2,1-2H3,(H,26,27)/b5-4+. The van der Waals surface area contributed by atoms with E-state index >= 15 is 0 Å².